The summed E-state index contributed by atoms with van der Waals surface area (Å²) in [5.74, 6) is -0.284. The fraction of sp³-hybridized carbons (Fsp3) is 0.333. The molecule has 19 heavy (non-hydrogen) atoms. The van der Waals surface area contributed by atoms with Crippen molar-refractivity contribution < 1.29 is 17.7 Å². The Labute approximate surface area is 107 Å². The normalized spacial score (nSPS) is 11.8. The minimum Gasteiger partial charge on any atom is -0.334 e. The molecule has 0 aliphatic carbocycles. The van der Waals surface area contributed by atoms with Crippen molar-refractivity contribution in [2.75, 3.05) is 6.54 Å². The maximum Gasteiger partial charge on any atom is 0.396 e. The van der Waals surface area contributed by atoms with Gasteiger partial charge in [-0.2, -0.15) is 18.2 Å². The Morgan fingerprint density at radius 1 is 1.21 bits per heavy atom. The standard InChI is InChI=1S/C12H12F3N3O/c13-12(14,15)7-10-17-11(19-18-10)9-4-2-1-3-8(9)5-6-16/h1-4H,5-7,16H2. The first kappa shape index (κ1) is 13.5. The number of benzene rings is 1. The summed E-state index contributed by atoms with van der Waals surface area (Å²) in [7, 11) is 0. The summed E-state index contributed by atoms with van der Waals surface area (Å²) >= 11 is 0. The summed E-state index contributed by atoms with van der Waals surface area (Å²) in [5, 5.41) is 3.34. The number of alkyl halides is 3. The van der Waals surface area contributed by atoms with Gasteiger partial charge in [0.25, 0.3) is 5.89 Å². The van der Waals surface area contributed by atoms with Gasteiger partial charge in [-0.3, -0.25) is 0 Å². The molecular formula is C12H12F3N3O. The zero-order valence-electron chi connectivity index (χ0n) is 9.94. The molecule has 2 N–H and O–H groups in total. The Morgan fingerprint density at radius 3 is 2.63 bits per heavy atom. The van der Waals surface area contributed by atoms with E-state index in [-0.39, 0.29) is 11.7 Å². The molecule has 1 aromatic heterocycles. The fourth-order valence-corrected chi connectivity index (χ4v) is 1.72. The number of rotatable bonds is 4. The fourth-order valence-electron chi connectivity index (χ4n) is 1.72. The van der Waals surface area contributed by atoms with Crippen molar-refractivity contribution in [2.24, 2.45) is 5.73 Å². The molecule has 7 heteroatoms. The lowest BCUT2D eigenvalue weighted by molar-refractivity contribution is -0.128. The van der Waals surface area contributed by atoms with Gasteiger partial charge in [0.15, 0.2) is 5.82 Å². The second-order valence-corrected chi connectivity index (χ2v) is 4.00. The zero-order chi connectivity index (χ0) is 13.9. The monoisotopic (exact) mass is 271 g/mol. The molecule has 0 fully saturated rings. The predicted octanol–water partition coefficient (Wildman–Crippen LogP) is 2.34. The first-order valence-corrected chi connectivity index (χ1v) is 5.67. The summed E-state index contributed by atoms with van der Waals surface area (Å²) in [6.45, 7) is 0.431. The van der Waals surface area contributed by atoms with Crippen molar-refractivity contribution in [3.63, 3.8) is 0 Å². The Balaban J connectivity index is 2.28. The summed E-state index contributed by atoms with van der Waals surface area (Å²) in [4.78, 5) is 3.77. The second-order valence-electron chi connectivity index (χ2n) is 4.00. The first-order valence-electron chi connectivity index (χ1n) is 5.67. The molecule has 2 aromatic rings. The highest BCUT2D eigenvalue weighted by Crippen LogP contribution is 2.25. The molecule has 1 heterocycles. The van der Waals surface area contributed by atoms with E-state index >= 15 is 0 Å². The average Bonchev–Trinajstić information content (AvgIpc) is 2.76. The highest BCUT2D eigenvalue weighted by molar-refractivity contribution is 5.58. The summed E-state index contributed by atoms with van der Waals surface area (Å²) in [5.41, 5.74) is 6.97. The lowest BCUT2D eigenvalue weighted by Crippen LogP contribution is -2.12. The van der Waals surface area contributed by atoms with E-state index in [0.29, 0.717) is 18.5 Å². The van der Waals surface area contributed by atoms with Crippen molar-refractivity contribution >= 4 is 0 Å². The minimum absolute atomic E-state index is 0.0864. The maximum atomic E-state index is 12.2. The summed E-state index contributed by atoms with van der Waals surface area (Å²) < 4.78 is 41.5. The van der Waals surface area contributed by atoms with Crippen molar-refractivity contribution in [1.82, 2.24) is 10.1 Å². The van der Waals surface area contributed by atoms with E-state index in [4.69, 9.17) is 10.3 Å². The van der Waals surface area contributed by atoms with Crippen LogP contribution in [0.1, 0.15) is 11.4 Å². The molecule has 0 saturated carbocycles. The number of nitrogens with two attached hydrogens (primary N) is 1. The van der Waals surface area contributed by atoms with E-state index in [1.807, 2.05) is 12.1 Å². The Morgan fingerprint density at radius 2 is 1.95 bits per heavy atom. The molecule has 102 valence electrons. The highest BCUT2D eigenvalue weighted by atomic mass is 19.4. The van der Waals surface area contributed by atoms with Crippen molar-refractivity contribution in [3.05, 3.63) is 35.7 Å². The molecular weight excluding hydrogens is 259 g/mol. The van der Waals surface area contributed by atoms with Crippen LogP contribution in [0.3, 0.4) is 0 Å². The number of halogens is 3. The minimum atomic E-state index is -4.35. The third-order valence-corrected chi connectivity index (χ3v) is 2.49. The molecule has 0 unspecified atom stereocenters. The van der Waals surface area contributed by atoms with Gasteiger partial charge in [0, 0.05) is 5.56 Å². The zero-order valence-corrected chi connectivity index (χ0v) is 9.94. The third-order valence-electron chi connectivity index (χ3n) is 2.49. The molecule has 0 amide bonds. The first-order chi connectivity index (χ1) is 8.99. The molecule has 0 spiro atoms. The van der Waals surface area contributed by atoms with Crippen LogP contribution in [0.15, 0.2) is 28.8 Å². The van der Waals surface area contributed by atoms with Crippen molar-refractivity contribution in [3.8, 4) is 11.5 Å². The summed E-state index contributed by atoms with van der Waals surface area (Å²) in [6.07, 6.45) is -4.96. The van der Waals surface area contributed by atoms with Crippen LogP contribution in [0.5, 0.6) is 0 Å². The van der Waals surface area contributed by atoms with Crippen LogP contribution in [-0.4, -0.2) is 22.9 Å². The van der Waals surface area contributed by atoms with Crippen LogP contribution >= 0.6 is 0 Å². The molecule has 4 nitrogen and oxygen atoms in total. The van der Waals surface area contributed by atoms with Crippen molar-refractivity contribution in [1.29, 1.82) is 0 Å². The van der Waals surface area contributed by atoms with Gasteiger partial charge < -0.3 is 10.3 Å². The molecule has 0 saturated heterocycles. The Bertz CT molecular complexity index is 551. The van der Waals surface area contributed by atoms with Crippen LogP contribution in [0.4, 0.5) is 13.2 Å². The van der Waals surface area contributed by atoms with Gasteiger partial charge in [-0.15, -0.1) is 0 Å². The van der Waals surface area contributed by atoms with Gasteiger partial charge in [0.05, 0.1) is 0 Å². The quantitative estimate of drug-likeness (QED) is 0.927. The van der Waals surface area contributed by atoms with Gasteiger partial charge in [-0.1, -0.05) is 23.4 Å². The van der Waals surface area contributed by atoms with E-state index in [2.05, 4.69) is 10.1 Å². The number of hydrogen-bond donors (Lipinski definition) is 1. The number of aromatic nitrogens is 2. The Kier molecular flexibility index (Phi) is 3.84. The largest absolute Gasteiger partial charge is 0.396 e. The Hall–Kier alpha value is -1.89. The van der Waals surface area contributed by atoms with Crippen LogP contribution in [0.2, 0.25) is 0 Å². The van der Waals surface area contributed by atoms with E-state index in [9.17, 15) is 13.2 Å². The molecule has 0 atom stereocenters. The third kappa shape index (κ3) is 3.54. The van der Waals surface area contributed by atoms with Crippen molar-refractivity contribution in [2.45, 2.75) is 19.0 Å². The molecule has 0 aliphatic heterocycles. The van der Waals surface area contributed by atoms with Crippen LogP contribution in [0, 0.1) is 0 Å². The maximum absolute atomic E-state index is 12.2. The molecule has 0 aliphatic rings. The van der Waals surface area contributed by atoms with Gasteiger partial charge in [-0.05, 0) is 24.6 Å². The second kappa shape index (κ2) is 5.40. The van der Waals surface area contributed by atoms with Gasteiger partial charge in [0.2, 0.25) is 0 Å². The topological polar surface area (TPSA) is 64.9 Å². The molecule has 0 bridgehead atoms. The lowest BCUT2D eigenvalue weighted by Gasteiger charge is -2.03. The average molecular weight is 271 g/mol. The molecule has 1 aromatic carbocycles. The number of hydrogen-bond acceptors (Lipinski definition) is 4. The van der Waals surface area contributed by atoms with Crippen LogP contribution in [-0.2, 0) is 12.8 Å². The lowest BCUT2D eigenvalue weighted by atomic mass is 10.0. The van der Waals surface area contributed by atoms with E-state index in [1.165, 1.54) is 0 Å². The predicted molar refractivity (Wildman–Crippen MR) is 62.3 cm³/mol. The smallest absolute Gasteiger partial charge is 0.334 e. The molecule has 2 rings (SSSR count). The highest BCUT2D eigenvalue weighted by Gasteiger charge is 2.30. The van der Waals surface area contributed by atoms with Gasteiger partial charge >= 0.3 is 6.18 Å². The van der Waals surface area contributed by atoms with E-state index in [1.54, 1.807) is 12.1 Å². The SMILES string of the molecule is NCCc1ccccc1-c1nc(CC(F)(F)F)no1. The van der Waals surface area contributed by atoms with Gasteiger partial charge in [0.1, 0.15) is 6.42 Å². The van der Waals surface area contributed by atoms with Crippen LogP contribution in [0.25, 0.3) is 11.5 Å². The van der Waals surface area contributed by atoms with E-state index < -0.39 is 12.6 Å². The van der Waals surface area contributed by atoms with Gasteiger partial charge in [-0.25, -0.2) is 0 Å². The summed E-state index contributed by atoms with van der Waals surface area (Å²) in [6, 6.07) is 7.12. The van der Waals surface area contributed by atoms with Crippen LogP contribution < -0.4 is 5.73 Å². The molecule has 0 radical (unpaired) electrons. The van der Waals surface area contributed by atoms with E-state index in [0.717, 1.165) is 5.56 Å². The number of nitrogens with zero attached hydrogens (tertiary/aromatic N) is 2.